The van der Waals surface area contributed by atoms with Crippen molar-refractivity contribution in [3.8, 4) is 5.75 Å². The summed E-state index contributed by atoms with van der Waals surface area (Å²) in [5.41, 5.74) is 1.60. The number of amides is 2. The molecule has 0 bridgehead atoms. The molecule has 0 aliphatic carbocycles. The highest BCUT2D eigenvalue weighted by atomic mass is 32.2. The van der Waals surface area contributed by atoms with Gasteiger partial charge in [-0.05, 0) is 35.4 Å². The van der Waals surface area contributed by atoms with Crippen LogP contribution in [0.2, 0.25) is 0 Å². The van der Waals surface area contributed by atoms with Crippen LogP contribution in [0.3, 0.4) is 0 Å². The largest absolute Gasteiger partial charge is 0.489 e. The van der Waals surface area contributed by atoms with Crippen LogP contribution in [0.5, 0.6) is 5.75 Å². The lowest BCUT2D eigenvalue weighted by atomic mass is 10.2. The summed E-state index contributed by atoms with van der Waals surface area (Å²) in [6.07, 6.45) is 0. The number of carbonyl (C=O) groups excluding carboxylic acids is 2. The molecular formula is C19H18N4O5S. The Bertz CT molecular complexity index is 977. The summed E-state index contributed by atoms with van der Waals surface area (Å²) < 4.78 is 5.79. The van der Waals surface area contributed by atoms with Gasteiger partial charge in [0.05, 0.1) is 4.92 Å². The molecule has 3 rings (SSSR count). The third kappa shape index (κ3) is 5.11. The van der Waals surface area contributed by atoms with Crippen LogP contribution in [-0.4, -0.2) is 26.9 Å². The van der Waals surface area contributed by atoms with Crippen LogP contribution in [0.4, 0.5) is 5.69 Å². The number of hydrogen-bond acceptors (Lipinski definition) is 7. The molecule has 2 aromatic carbocycles. The Morgan fingerprint density at radius 3 is 2.59 bits per heavy atom. The maximum atomic E-state index is 11.9. The molecule has 150 valence electrons. The zero-order valence-electron chi connectivity index (χ0n) is 15.7. The highest BCUT2D eigenvalue weighted by Gasteiger charge is 2.32. The van der Waals surface area contributed by atoms with Crippen LogP contribution in [0, 0.1) is 10.1 Å². The summed E-state index contributed by atoms with van der Waals surface area (Å²) in [5, 5.41) is 18.7. The SMILES string of the molecule is CC(=O)NC1=NN(C(C)=O)[C@@H](c2cccc(OCc3ccc([N+](=O)[O-])cc3)c2)S1. The van der Waals surface area contributed by atoms with Gasteiger partial charge in [-0.2, -0.15) is 0 Å². The van der Waals surface area contributed by atoms with E-state index in [1.807, 2.05) is 6.07 Å². The van der Waals surface area contributed by atoms with E-state index in [9.17, 15) is 19.7 Å². The number of nitro groups is 1. The molecule has 1 aliphatic rings. The molecule has 0 saturated carbocycles. The Kier molecular flexibility index (Phi) is 6.13. The number of hydrazone groups is 1. The van der Waals surface area contributed by atoms with Gasteiger partial charge in [0.15, 0.2) is 5.17 Å². The van der Waals surface area contributed by atoms with E-state index in [1.165, 1.54) is 42.8 Å². The number of nitro benzene ring substituents is 1. The van der Waals surface area contributed by atoms with Crippen molar-refractivity contribution in [2.24, 2.45) is 5.10 Å². The van der Waals surface area contributed by atoms with Gasteiger partial charge in [-0.25, -0.2) is 5.01 Å². The van der Waals surface area contributed by atoms with Crippen molar-refractivity contribution in [3.05, 3.63) is 69.8 Å². The van der Waals surface area contributed by atoms with Gasteiger partial charge in [-0.1, -0.05) is 23.9 Å². The third-order valence-corrected chi connectivity index (χ3v) is 5.05. The average molecular weight is 414 g/mol. The minimum absolute atomic E-state index is 0.0216. The molecule has 9 nitrogen and oxygen atoms in total. The number of nitrogens with zero attached hydrogens (tertiary/aromatic N) is 3. The molecule has 0 radical (unpaired) electrons. The van der Waals surface area contributed by atoms with E-state index in [-0.39, 0.29) is 24.1 Å². The van der Waals surface area contributed by atoms with Crippen molar-refractivity contribution < 1.29 is 19.2 Å². The quantitative estimate of drug-likeness (QED) is 0.594. The van der Waals surface area contributed by atoms with Crippen LogP contribution in [-0.2, 0) is 16.2 Å². The van der Waals surface area contributed by atoms with Gasteiger partial charge in [0, 0.05) is 26.0 Å². The summed E-state index contributed by atoms with van der Waals surface area (Å²) >= 11 is 1.26. The van der Waals surface area contributed by atoms with Crippen molar-refractivity contribution >= 4 is 34.4 Å². The first kappa shape index (κ1) is 20.3. The maximum Gasteiger partial charge on any atom is 0.269 e. The molecule has 2 amide bonds. The minimum Gasteiger partial charge on any atom is -0.489 e. The average Bonchev–Trinajstić information content (AvgIpc) is 3.10. The van der Waals surface area contributed by atoms with Gasteiger partial charge < -0.3 is 10.1 Å². The van der Waals surface area contributed by atoms with E-state index >= 15 is 0 Å². The van der Waals surface area contributed by atoms with Crippen molar-refractivity contribution in [2.75, 3.05) is 0 Å². The molecule has 0 fully saturated rings. The smallest absolute Gasteiger partial charge is 0.269 e. The molecule has 29 heavy (non-hydrogen) atoms. The van der Waals surface area contributed by atoms with Crippen molar-refractivity contribution in [1.29, 1.82) is 0 Å². The van der Waals surface area contributed by atoms with Gasteiger partial charge in [0.2, 0.25) is 11.8 Å². The fraction of sp³-hybridized carbons (Fsp3) is 0.211. The maximum absolute atomic E-state index is 11.9. The normalized spacial score (nSPS) is 15.6. The van der Waals surface area contributed by atoms with E-state index < -0.39 is 10.3 Å². The first-order valence-corrected chi connectivity index (χ1v) is 9.50. The van der Waals surface area contributed by atoms with Crippen LogP contribution < -0.4 is 10.1 Å². The van der Waals surface area contributed by atoms with Crippen molar-refractivity contribution in [1.82, 2.24) is 10.3 Å². The van der Waals surface area contributed by atoms with E-state index in [1.54, 1.807) is 30.3 Å². The second-order valence-electron chi connectivity index (χ2n) is 6.20. The Morgan fingerprint density at radius 2 is 1.97 bits per heavy atom. The summed E-state index contributed by atoms with van der Waals surface area (Å²) in [4.78, 5) is 33.5. The molecule has 0 spiro atoms. The predicted octanol–water partition coefficient (Wildman–Crippen LogP) is 3.17. The van der Waals surface area contributed by atoms with Crippen LogP contribution in [0.15, 0.2) is 53.6 Å². The number of ether oxygens (including phenoxy) is 1. The van der Waals surface area contributed by atoms with Crippen molar-refractivity contribution in [3.63, 3.8) is 0 Å². The first-order valence-electron chi connectivity index (χ1n) is 8.62. The molecule has 1 heterocycles. The number of nitrogens with one attached hydrogen (secondary N) is 1. The lowest BCUT2D eigenvalue weighted by molar-refractivity contribution is -0.384. The number of rotatable bonds is 5. The standard InChI is InChI=1S/C19H18N4O5S/c1-12(24)20-19-21-22(13(2)25)18(29-19)15-4-3-5-17(10-15)28-11-14-6-8-16(9-7-14)23(26)27/h3-10,18H,11H2,1-2H3,(H,20,21,24)/t18-/m1/s1. The molecule has 10 heteroatoms. The summed E-state index contributed by atoms with van der Waals surface area (Å²) in [7, 11) is 0. The zero-order chi connectivity index (χ0) is 21.0. The van der Waals surface area contributed by atoms with E-state index in [4.69, 9.17) is 4.74 Å². The molecule has 0 unspecified atom stereocenters. The molecule has 1 N–H and O–H groups in total. The van der Waals surface area contributed by atoms with Gasteiger partial charge in [0.25, 0.3) is 5.69 Å². The monoisotopic (exact) mass is 414 g/mol. The zero-order valence-corrected chi connectivity index (χ0v) is 16.5. The topological polar surface area (TPSA) is 114 Å². The van der Waals surface area contributed by atoms with Gasteiger partial charge in [0.1, 0.15) is 17.7 Å². The number of carbonyl (C=O) groups is 2. The Morgan fingerprint density at radius 1 is 1.24 bits per heavy atom. The summed E-state index contributed by atoms with van der Waals surface area (Å²) in [6.45, 7) is 3.02. The minimum atomic E-state index is -0.453. The highest BCUT2D eigenvalue weighted by molar-refractivity contribution is 8.14. The Labute approximate surface area is 170 Å². The van der Waals surface area contributed by atoms with Gasteiger partial charge in [-0.3, -0.25) is 19.7 Å². The Balaban J connectivity index is 1.71. The summed E-state index contributed by atoms with van der Waals surface area (Å²) in [5.74, 6) is 0.0681. The second-order valence-corrected chi connectivity index (χ2v) is 7.27. The van der Waals surface area contributed by atoms with Gasteiger partial charge in [-0.15, -0.1) is 5.10 Å². The number of thioether (sulfide) groups is 1. The molecule has 0 saturated heterocycles. The number of amidine groups is 1. The molecule has 2 aromatic rings. The van der Waals surface area contributed by atoms with Crippen LogP contribution in [0.1, 0.15) is 30.3 Å². The number of hydrogen-bond donors (Lipinski definition) is 1. The Hall–Kier alpha value is -3.40. The predicted molar refractivity (Wildman–Crippen MR) is 108 cm³/mol. The fourth-order valence-corrected chi connectivity index (χ4v) is 3.75. The fourth-order valence-electron chi connectivity index (χ4n) is 2.62. The van der Waals surface area contributed by atoms with E-state index in [0.717, 1.165) is 11.1 Å². The second kappa shape index (κ2) is 8.74. The molecule has 1 aliphatic heterocycles. The van der Waals surface area contributed by atoms with E-state index in [2.05, 4.69) is 10.4 Å². The number of benzene rings is 2. The lowest BCUT2D eigenvalue weighted by Gasteiger charge is -2.19. The molecule has 1 atom stereocenters. The molecular weight excluding hydrogens is 396 g/mol. The third-order valence-electron chi connectivity index (χ3n) is 3.95. The first-order chi connectivity index (χ1) is 13.8. The van der Waals surface area contributed by atoms with Gasteiger partial charge >= 0.3 is 0 Å². The highest BCUT2D eigenvalue weighted by Crippen LogP contribution is 2.39. The summed E-state index contributed by atoms with van der Waals surface area (Å²) in [6, 6.07) is 13.4. The lowest BCUT2D eigenvalue weighted by Crippen LogP contribution is -2.25. The van der Waals surface area contributed by atoms with Crippen LogP contribution in [0.25, 0.3) is 0 Å². The number of non-ortho nitro benzene ring substituents is 1. The van der Waals surface area contributed by atoms with Crippen molar-refractivity contribution in [2.45, 2.75) is 25.8 Å². The van der Waals surface area contributed by atoms with Crippen LogP contribution >= 0.6 is 11.8 Å². The van der Waals surface area contributed by atoms with E-state index in [0.29, 0.717) is 10.9 Å². The molecule has 0 aromatic heterocycles.